The molecule has 2 aromatic rings. The maximum Gasteiger partial charge on any atom is 0.239 e. The summed E-state index contributed by atoms with van der Waals surface area (Å²) in [6, 6.07) is 13.0. The van der Waals surface area contributed by atoms with Crippen LogP contribution in [0.2, 0.25) is 0 Å². The van der Waals surface area contributed by atoms with Crippen molar-refractivity contribution in [3.63, 3.8) is 0 Å². The summed E-state index contributed by atoms with van der Waals surface area (Å²) in [4.78, 5) is 17.4. The number of nitrogens with zero attached hydrogens (tertiary/aromatic N) is 4. The van der Waals surface area contributed by atoms with Crippen LogP contribution in [0.1, 0.15) is 50.1 Å². The molecule has 0 aliphatic carbocycles. The predicted octanol–water partition coefficient (Wildman–Crippen LogP) is 3.36. The summed E-state index contributed by atoms with van der Waals surface area (Å²) in [6.07, 6.45) is 6.21. The second kappa shape index (κ2) is 9.55. The van der Waals surface area contributed by atoms with Crippen LogP contribution < -0.4 is 5.32 Å². The normalized spacial score (nSPS) is 20.0. The van der Waals surface area contributed by atoms with Crippen molar-refractivity contribution in [2.75, 3.05) is 44.6 Å². The number of aromatic nitrogens is 2. The molecule has 2 fully saturated rings. The van der Waals surface area contributed by atoms with Crippen LogP contribution in [0.15, 0.2) is 42.6 Å². The number of benzene rings is 1. The first-order valence-corrected chi connectivity index (χ1v) is 11.1. The third kappa shape index (κ3) is 5.06. The summed E-state index contributed by atoms with van der Waals surface area (Å²) in [7, 11) is 0. The van der Waals surface area contributed by atoms with Crippen molar-refractivity contribution in [3.05, 3.63) is 48.2 Å². The largest absolute Gasteiger partial charge is 0.310 e. The average molecular weight is 396 g/mol. The highest BCUT2D eigenvalue weighted by Crippen LogP contribution is 2.28. The van der Waals surface area contributed by atoms with Gasteiger partial charge in [-0.3, -0.25) is 9.69 Å². The number of piperidine rings is 2. The molecule has 1 amide bonds. The van der Waals surface area contributed by atoms with Gasteiger partial charge < -0.3 is 10.2 Å². The van der Waals surface area contributed by atoms with Crippen molar-refractivity contribution < 1.29 is 4.79 Å². The smallest absolute Gasteiger partial charge is 0.239 e. The standard InChI is InChI=1S/C23H33N5O/c1-2-26-16-11-21(12-17-26)28-22(8-13-24-28)25-23(29)18-27-14-9-20(10-15-27)19-6-4-3-5-7-19/h3-8,13,20-21H,2,9-12,14-18H2,1H3,(H,25,29). The Morgan fingerprint density at radius 2 is 1.69 bits per heavy atom. The van der Waals surface area contributed by atoms with Crippen LogP contribution >= 0.6 is 0 Å². The summed E-state index contributed by atoms with van der Waals surface area (Å²) in [6.45, 7) is 7.93. The van der Waals surface area contributed by atoms with Gasteiger partial charge in [0.15, 0.2) is 0 Å². The van der Waals surface area contributed by atoms with Crippen LogP contribution in [-0.4, -0.2) is 64.8 Å². The second-order valence-electron chi connectivity index (χ2n) is 8.34. The van der Waals surface area contributed by atoms with E-state index in [1.807, 2.05) is 10.7 Å². The molecule has 4 rings (SSSR count). The van der Waals surface area contributed by atoms with E-state index in [0.29, 0.717) is 18.5 Å². The lowest BCUT2D eigenvalue weighted by Crippen LogP contribution is -2.39. The molecule has 0 unspecified atom stereocenters. The molecule has 156 valence electrons. The van der Waals surface area contributed by atoms with E-state index in [9.17, 15) is 4.79 Å². The molecule has 0 saturated carbocycles. The second-order valence-corrected chi connectivity index (χ2v) is 8.34. The third-order valence-corrected chi connectivity index (χ3v) is 6.51. The first-order valence-electron chi connectivity index (χ1n) is 11.1. The Morgan fingerprint density at radius 3 is 2.38 bits per heavy atom. The molecule has 6 heteroatoms. The lowest BCUT2D eigenvalue weighted by Gasteiger charge is -2.32. The summed E-state index contributed by atoms with van der Waals surface area (Å²) in [5.74, 6) is 1.52. The average Bonchev–Trinajstić information content (AvgIpc) is 3.23. The highest BCUT2D eigenvalue weighted by Gasteiger charge is 2.24. The van der Waals surface area contributed by atoms with Crippen molar-refractivity contribution in [1.29, 1.82) is 0 Å². The Labute approximate surface area is 173 Å². The van der Waals surface area contributed by atoms with E-state index in [2.05, 4.69) is 57.5 Å². The zero-order chi connectivity index (χ0) is 20.1. The van der Waals surface area contributed by atoms with Crippen molar-refractivity contribution in [2.45, 2.75) is 44.6 Å². The molecule has 2 aliphatic heterocycles. The predicted molar refractivity (Wildman–Crippen MR) is 116 cm³/mol. The number of rotatable bonds is 6. The van der Waals surface area contributed by atoms with Crippen molar-refractivity contribution in [2.24, 2.45) is 0 Å². The molecule has 29 heavy (non-hydrogen) atoms. The first-order chi connectivity index (χ1) is 14.2. The molecule has 6 nitrogen and oxygen atoms in total. The van der Waals surface area contributed by atoms with Gasteiger partial charge in [0.05, 0.1) is 18.8 Å². The Balaban J connectivity index is 1.26. The minimum atomic E-state index is 0.0657. The molecule has 1 aromatic carbocycles. The van der Waals surface area contributed by atoms with Crippen molar-refractivity contribution in [3.8, 4) is 0 Å². The molecule has 0 radical (unpaired) electrons. The van der Waals surface area contributed by atoms with Gasteiger partial charge in [0.25, 0.3) is 0 Å². The fraction of sp³-hybridized carbons (Fsp3) is 0.565. The fourth-order valence-electron chi connectivity index (χ4n) is 4.72. The van der Waals surface area contributed by atoms with Crippen LogP contribution in [0.5, 0.6) is 0 Å². The van der Waals surface area contributed by atoms with Gasteiger partial charge in [-0.1, -0.05) is 37.3 Å². The monoisotopic (exact) mass is 395 g/mol. The number of carbonyl (C=O) groups excluding carboxylic acids is 1. The maximum atomic E-state index is 12.7. The first kappa shape index (κ1) is 20.1. The lowest BCUT2D eigenvalue weighted by atomic mass is 9.89. The maximum absolute atomic E-state index is 12.7. The molecule has 0 atom stereocenters. The molecule has 1 N–H and O–H groups in total. The molecule has 3 heterocycles. The minimum Gasteiger partial charge on any atom is -0.310 e. The van der Waals surface area contributed by atoms with Gasteiger partial charge >= 0.3 is 0 Å². The molecule has 0 spiro atoms. The van der Waals surface area contributed by atoms with E-state index in [4.69, 9.17) is 0 Å². The van der Waals surface area contributed by atoms with Gasteiger partial charge in [-0.25, -0.2) is 4.68 Å². The van der Waals surface area contributed by atoms with Crippen LogP contribution in [0.25, 0.3) is 0 Å². The number of carbonyl (C=O) groups is 1. The van der Waals surface area contributed by atoms with E-state index in [0.717, 1.165) is 64.2 Å². The topological polar surface area (TPSA) is 53.4 Å². The summed E-state index contributed by atoms with van der Waals surface area (Å²) in [5, 5.41) is 7.61. The van der Waals surface area contributed by atoms with Crippen molar-refractivity contribution in [1.82, 2.24) is 19.6 Å². The number of hydrogen-bond acceptors (Lipinski definition) is 4. The Hall–Kier alpha value is -2.18. The third-order valence-electron chi connectivity index (χ3n) is 6.51. The van der Waals surface area contributed by atoms with E-state index >= 15 is 0 Å². The molecule has 1 aromatic heterocycles. The van der Waals surface area contributed by atoms with Gasteiger partial charge in [-0.05, 0) is 56.8 Å². The van der Waals surface area contributed by atoms with Gasteiger partial charge in [-0.2, -0.15) is 5.10 Å². The molecule has 0 bridgehead atoms. The highest BCUT2D eigenvalue weighted by atomic mass is 16.2. The summed E-state index contributed by atoms with van der Waals surface area (Å²) < 4.78 is 2.02. The van der Waals surface area contributed by atoms with Gasteiger partial charge in [-0.15, -0.1) is 0 Å². The van der Waals surface area contributed by atoms with Crippen LogP contribution in [0, 0.1) is 0 Å². The SMILES string of the molecule is CCN1CCC(n2nccc2NC(=O)CN2CCC(c3ccccc3)CC2)CC1. The summed E-state index contributed by atoms with van der Waals surface area (Å²) >= 11 is 0. The molecular formula is C23H33N5O. The van der Waals surface area contributed by atoms with E-state index in [-0.39, 0.29) is 5.91 Å². The number of amides is 1. The Kier molecular flexibility index (Phi) is 6.62. The number of anilines is 1. The van der Waals surface area contributed by atoms with E-state index in [1.165, 1.54) is 5.56 Å². The van der Waals surface area contributed by atoms with E-state index in [1.54, 1.807) is 6.20 Å². The molecular weight excluding hydrogens is 362 g/mol. The van der Waals surface area contributed by atoms with Crippen LogP contribution in [0.4, 0.5) is 5.82 Å². The van der Waals surface area contributed by atoms with E-state index < -0.39 is 0 Å². The lowest BCUT2D eigenvalue weighted by molar-refractivity contribution is -0.117. The summed E-state index contributed by atoms with van der Waals surface area (Å²) in [5.41, 5.74) is 1.43. The number of likely N-dealkylation sites (tertiary alicyclic amines) is 2. The Bertz CT molecular complexity index is 774. The van der Waals surface area contributed by atoms with Crippen molar-refractivity contribution >= 4 is 11.7 Å². The zero-order valence-corrected chi connectivity index (χ0v) is 17.5. The quantitative estimate of drug-likeness (QED) is 0.815. The fourth-order valence-corrected chi connectivity index (χ4v) is 4.72. The number of nitrogens with one attached hydrogen (secondary N) is 1. The highest BCUT2D eigenvalue weighted by molar-refractivity contribution is 5.91. The van der Waals surface area contributed by atoms with Crippen LogP contribution in [0.3, 0.4) is 0 Å². The Morgan fingerprint density at radius 1 is 1.00 bits per heavy atom. The molecule has 2 saturated heterocycles. The van der Waals surface area contributed by atoms with Crippen LogP contribution in [-0.2, 0) is 4.79 Å². The minimum absolute atomic E-state index is 0.0657. The van der Waals surface area contributed by atoms with Gasteiger partial charge in [0.1, 0.15) is 5.82 Å². The van der Waals surface area contributed by atoms with Gasteiger partial charge in [0.2, 0.25) is 5.91 Å². The molecule has 2 aliphatic rings. The van der Waals surface area contributed by atoms with Gasteiger partial charge in [0, 0.05) is 19.2 Å². The zero-order valence-electron chi connectivity index (χ0n) is 17.5. The number of hydrogen-bond donors (Lipinski definition) is 1.